The van der Waals surface area contributed by atoms with Crippen LogP contribution in [0.15, 0.2) is 24.3 Å². The highest BCUT2D eigenvalue weighted by Crippen LogP contribution is 2.34. The maximum atomic E-state index is 11.2. The van der Waals surface area contributed by atoms with Crippen molar-refractivity contribution < 1.29 is 4.79 Å². The van der Waals surface area contributed by atoms with Gasteiger partial charge in [-0.15, -0.1) is 0 Å². The average Bonchev–Trinajstić information content (AvgIpc) is 2.36. The summed E-state index contributed by atoms with van der Waals surface area (Å²) in [5, 5.41) is 0. The predicted molar refractivity (Wildman–Crippen MR) is 73.5 cm³/mol. The number of anilines is 1. The van der Waals surface area contributed by atoms with Gasteiger partial charge in [-0.3, -0.25) is 4.79 Å². The van der Waals surface area contributed by atoms with Gasteiger partial charge < -0.3 is 4.90 Å². The lowest BCUT2D eigenvalue weighted by Gasteiger charge is -2.29. The number of rotatable bonds is 6. The van der Waals surface area contributed by atoms with Crippen molar-refractivity contribution in [3.8, 4) is 0 Å². The van der Waals surface area contributed by atoms with Crippen molar-refractivity contribution in [3.63, 3.8) is 0 Å². The molecule has 0 unspecified atom stereocenters. The Morgan fingerprint density at radius 2 is 1.88 bits per heavy atom. The molecule has 0 fully saturated rings. The highest BCUT2D eigenvalue weighted by atomic mass is 16.1. The van der Waals surface area contributed by atoms with Gasteiger partial charge in [0.05, 0.1) is 0 Å². The minimum absolute atomic E-state index is 0.103. The molecule has 0 aliphatic carbocycles. The third-order valence-corrected chi connectivity index (χ3v) is 3.42. The van der Waals surface area contributed by atoms with Gasteiger partial charge in [0, 0.05) is 12.2 Å². The molecule has 1 aromatic rings. The first-order valence-electron chi connectivity index (χ1n) is 6.38. The number of hydrogen-bond acceptors (Lipinski definition) is 1. The summed E-state index contributed by atoms with van der Waals surface area (Å²) in [5.41, 5.74) is 2.41. The van der Waals surface area contributed by atoms with Gasteiger partial charge in [-0.2, -0.15) is 0 Å². The molecule has 0 aliphatic rings. The molecule has 0 aromatic heterocycles. The van der Waals surface area contributed by atoms with Crippen LogP contribution in [0.5, 0.6) is 0 Å². The summed E-state index contributed by atoms with van der Waals surface area (Å²) in [6.07, 6.45) is 2.97. The molecular formula is C15H23NO. The van der Waals surface area contributed by atoms with Crippen LogP contribution in [-0.4, -0.2) is 13.0 Å². The first kappa shape index (κ1) is 13.8. The Morgan fingerprint density at radius 1 is 1.24 bits per heavy atom. The summed E-state index contributed by atoms with van der Waals surface area (Å²) >= 11 is 0. The highest BCUT2D eigenvalue weighted by molar-refractivity contribution is 5.77. The van der Waals surface area contributed by atoms with Crippen LogP contribution in [0.4, 0.5) is 5.69 Å². The second kappa shape index (κ2) is 5.85. The largest absolute Gasteiger partial charge is 0.315 e. The quantitative estimate of drug-likeness (QED) is 0.685. The number of hydrogen-bond donors (Lipinski definition) is 0. The molecule has 0 saturated carbocycles. The van der Waals surface area contributed by atoms with Gasteiger partial charge in [-0.05, 0) is 29.9 Å². The zero-order valence-electron chi connectivity index (χ0n) is 11.4. The van der Waals surface area contributed by atoms with Crippen molar-refractivity contribution >= 4 is 12.1 Å². The molecule has 1 aromatic carbocycles. The van der Waals surface area contributed by atoms with Crippen LogP contribution in [0.3, 0.4) is 0 Å². The second-order valence-corrected chi connectivity index (χ2v) is 5.05. The van der Waals surface area contributed by atoms with E-state index >= 15 is 0 Å². The van der Waals surface area contributed by atoms with Gasteiger partial charge in [-0.1, -0.05) is 45.9 Å². The van der Waals surface area contributed by atoms with Gasteiger partial charge in [-0.25, -0.2) is 0 Å². The molecule has 0 atom stereocenters. The van der Waals surface area contributed by atoms with E-state index in [9.17, 15) is 4.79 Å². The lowest BCUT2D eigenvalue weighted by Crippen LogP contribution is -2.27. The Bertz CT molecular complexity index is 371. The lowest BCUT2D eigenvalue weighted by atomic mass is 9.81. The van der Waals surface area contributed by atoms with E-state index in [2.05, 4.69) is 33.8 Å². The van der Waals surface area contributed by atoms with Crippen molar-refractivity contribution in [2.24, 2.45) is 0 Å². The average molecular weight is 233 g/mol. The van der Waals surface area contributed by atoms with Crippen LogP contribution in [0.1, 0.15) is 46.1 Å². The van der Waals surface area contributed by atoms with E-state index in [1.807, 2.05) is 23.1 Å². The fourth-order valence-electron chi connectivity index (χ4n) is 1.96. The third kappa shape index (κ3) is 3.09. The summed E-state index contributed by atoms with van der Waals surface area (Å²) in [7, 11) is 0. The van der Waals surface area contributed by atoms with Gasteiger partial charge in [0.2, 0.25) is 6.41 Å². The molecule has 2 heteroatoms. The molecule has 1 amide bonds. The Balaban J connectivity index is 3.19. The highest BCUT2D eigenvalue weighted by Gasteiger charge is 2.23. The molecule has 2 nitrogen and oxygen atoms in total. The zero-order valence-corrected chi connectivity index (χ0v) is 11.4. The molecule has 94 valence electrons. The van der Waals surface area contributed by atoms with E-state index in [4.69, 9.17) is 0 Å². The van der Waals surface area contributed by atoms with E-state index in [1.165, 1.54) is 5.56 Å². The first-order chi connectivity index (χ1) is 8.06. The molecule has 0 saturated heterocycles. The molecular weight excluding hydrogens is 210 g/mol. The number of benzene rings is 1. The SMILES string of the molecule is CCCN(C=O)c1ccccc1C(C)(C)CC. The van der Waals surface area contributed by atoms with Crippen LogP contribution in [0, 0.1) is 0 Å². The number of para-hydroxylation sites is 1. The first-order valence-corrected chi connectivity index (χ1v) is 6.38. The lowest BCUT2D eigenvalue weighted by molar-refractivity contribution is -0.107. The van der Waals surface area contributed by atoms with Crippen LogP contribution < -0.4 is 4.90 Å². The van der Waals surface area contributed by atoms with Crippen molar-refractivity contribution in [2.75, 3.05) is 11.4 Å². The summed E-state index contributed by atoms with van der Waals surface area (Å²) in [6.45, 7) is 9.49. The van der Waals surface area contributed by atoms with Gasteiger partial charge in [0.15, 0.2) is 0 Å². The van der Waals surface area contributed by atoms with Crippen LogP contribution in [0.25, 0.3) is 0 Å². The molecule has 17 heavy (non-hydrogen) atoms. The monoisotopic (exact) mass is 233 g/mol. The Hall–Kier alpha value is -1.31. The van der Waals surface area contributed by atoms with E-state index in [0.29, 0.717) is 0 Å². The van der Waals surface area contributed by atoms with E-state index in [0.717, 1.165) is 31.5 Å². The van der Waals surface area contributed by atoms with Crippen LogP contribution in [0.2, 0.25) is 0 Å². The minimum Gasteiger partial charge on any atom is -0.315 e. The number of amides is 1. The fraction of sp³-hybridized carbons (Fsp3) is 0.533. The fourth-order valence-corrected chi connectivity index (χ4v) is 1.96. The topological polar surface area (TPSA) is 20.3 Å². The van der Waals surface area contributed by atoms with Gasteiger partial charge >= 0.3 is 0 Å². The van der Waals surface area contributed by atoms with Gasteiger partial charge in [0.25, 0.3) is 0 Å². The number of carbonyl (C=O) groups is 1. The maximum absolute atomic E-state index is 11.2. The number of carbonyl (C=O) groups excluding carboxylic acids is 1. The minimum atomic E-state index is 0.103. The van der Waals surface area contributed by atoms with Crippen molar-refractivity contribution in [2.45, 2.75) is 46.0 Å². The summed E-state index contributed by atoms with van der Waals surface area (Å²) in [4.78, 5) is 13.0. The Morgan fingerprint density at radius 3 is 2.41 bits per heavy atom. The molecule has 0 heterocycles. The van der Waals surface area contributed by atoms with Crippen LogP contribution >= 0.6 is 0 Å². The normalized spacial score (nSPS) is 11.3. The maximum Gasteiger partial charge on any atom is 0.214 e. The summed E-state index contributed by atoms with van der Waals surface area (Å²) < 4.78 is 0. The van der Waals surface area contributed by atoms with Crippen molar-refractivity contribution in [1.29, 1.82) is 0 Å². The Kier molecular flexibility index (Phi) is 4.73. The van der Waals surface area contributed by atoms with Gasteiger partial charge in [0.1, 0.15) is 0 Å². The molecule has 0 radical (unpaired) electrons. The zero-order chi connectivity index (χ0) is 12.9. The predicted octanol–water partition coefficient (Wildman–Crippen LogP) is 3.75. The molecule has 0 bridgehead atoms. The molecule has 0 spiro atoms. The molecule has 0 aliphatic heterocycles. The smallest absolute Gasteiger partial charge is 0.214 e. The summed E-state index contributed by atoms with van der Waals surface area (Å²) in [6, 6.07) is 8.21. The Labute approximate surface area is 105 Å². The molecule has 0 N–H and O–H groups in total. The molecule has 1 rings (SSSR count). The third-order valence-electron chi connectivity index (χ3n) is 3.42. The van der Waals surface area contributed by atoms with Crippen molar-refractivity contribution in [3.05, 3.63) is 29.8 Å². The standard InChI is InChI=1S/C15H23NO/c1-5-11-16(12-17)14-10-8-7-9-13(14)15(3,4)6-2/h7-10,12H,5-6,11H2,1-4H3. The van der Waals surface area contributed by atoms with Crippen LogP contribution in [-0.2, 0) is 10.2 Å². The van der Waals surface area contributed by atoms with E-state index in [-0.39, 0.29) is 5.41 Å². The van der Waals surface area contributed by atoms with Crippen molar-refractivity contribution in [1.82, 2.24) is 0 Å². The second-order valence-electron chi connectivity index (χ2n) is 5.05. The number of nitrogens with zero attached hydrogens (tertiary/aromatic N) is 1. The van der Waals surface area contributed by atoms with E-state index in [1.54, 1.807) is 0 Å². The summed E-state index contributed by atoms with van der Waals surface area (Å²) in [5.74, 6) is 0. The van der Waals surface area contributed by atoms with E-state index < -0.39 is 0 Å².